The summed E-state index contributed by atoms with van der Waals surface area (Å²) in [7, 11) is 0. The predicted octanol–water partition coefficient (Wildman–Crippen LogP) is 4.09. The number of rotatable bonds is 4. The summed E-state index contributed by atoms with van der Waals surface area (Å²) in [6.45, 7) is 1.72. The molecule has 0 saturated heterocycles. The fourth-order valence-electron chi connectivity index (χ4n) is 1.46. The third kappa shape index (κ3) is 4.03. The average molecular weight is 302 g/mol. The first-order valence-electron chi connectivity index (χ1n) is 5.66. The van der Waals surface area contributed by atoms with Gasteiger partial charge in [0, 0.05) is 5.56 Å². The summed E-state index contributed by atoms with van der Waals surface area (Å²) < 4.78 is 79.9. The minimum atomic E-state index is -5.07. The van der Waals surface area contributed by atoms with Gasteiger partial charge in [0.1, 0.15) is 5.75 Å². The van der Waals surface area contributed by atoms with Crippen LogP contribution in [0, 0.1) is 0 Å². The van der Waals surface area contributed by atoms with E-state index in [4.69, 9.17) is 9.84 Å². The molecule has 0 heterocycles. The van der Waals surface area contributed by atoms with Crippen molar-refractivity contribution < 1.29 is 36.2 Å². The van der Waals surface area contributed by atoms with Gasteiger partial charge in [0.05, 0.1) is 12.2 Å². The van der Waals surface area contributed by atoms with Crippen LogP contribution in [0.15, 0.2) is 18.2 Å². The first-order valence-corrected chi connectivity index (χ1v) is 5.66. The zero-order valence-corrected chi connectivity index (χ0v) is 10.3. The highest BCUT2D eigenvalue weighted by Gasteiger charge is 2.42. The quantitative estimate of drug-likeness (QED) is 0.849. The second-order valence-electron chi connectivity index (χ2n) is 4.04. The molecule has 0 bridgehead atoms. The molecule has 0 saturated carbocycles. The highest BCUT2D eigenvalue weighted by Crippen LogP contribution is 2.40. The van der Waals surface area contributed by atoms with Crippen molar-refractivity contribution >= 4 is 0 Å². The summed E-state index contributed by atoms with van der Waals surface area (Å²) in [5.74, 6) is -0.412. The van der Waals surface area contributed by atoms with Crippen LogP contribution in [0.3, 0.4) is 0 Å². The van der Waals surface area contributed by atoms with E-state index in [1.54, 1.807) is 6.92 Å². The van der Waals surface area contributed by atoms with Crippen LogP contribution in [0.1, 0.15) is 30.6 Å². The van der Waals surface area contributed by atoms with E-state index < -0.39 is 35.3 Å². The molecule has 0 aliphatic carbocycles. The van der Waals surface area contributed by atoms with E-state index >= 15 is 0 Å². The van der Waals surface area contributed by atoms with Gasteiger partial charge in [-0.2, -0.15) is 26.3 Å². The van der Waals surface area contributed by atoms with Gasteiger partial charge in [0.15, 0.2) is 6.10 Å². The van der Waals surface area contributed by atoms with Crippen LogP contribution in [0.4, 0.5) is 26.3 Å². The van der Waals surface area contributed by atoms with Crippen molar-refractivity contribution in [2.45, 2.75) is 31.8 Å². The Morgan fingerprint density at radius 3 is 2.20 bits per heavy atom. The fourth-order valence-corrected chi connectivity index (χ4v) is 1.46. The van der Waals surface area contributed by atoms with E-state index in [1.807, 2.05) is 0 Å². The Hall–Kier alpha value is -1.44. The van der Waals surface area contributed by atoms with E-state index in [2.05, 4.69) is 0 Å². The molecule has 1 aromatic carbocycles. The summed E-state index contributed by atoms with van der Waals surface area (Å²) >= 11 is 0. The van der Waals surface area contributed by atoms with Gasteiger partial charge in [-0.1, -0.05) is 6.92 Å². The third-order valence-corrected chi connectivity index (χ3v) is 2.40. The molecule has 1 aromatic rings. The Kier molecular flexibility index (Phi) is 4.90. The van der Waals surface area contributed by atoms with E-state index in [0.29, 0.717) is 12.5 Å². The Morgan fingerprint density at radius 2 is 1.75 bits per heavy atom. The molecule has 20 heavy (non-hydrogen) atoms. The van der Waals surface area contributed by atoms with Crippen LogP contribution in [0.2, 0.25) is 0 Å². The lowest BCUT2D eigenvalue weighted by atomic mass is 10.0. The van der Waals surface area contributed by atoms with E-state index in [9.17, 15) is 26.3 Å². The second-order valence-corrected chi connectivity index (χ2v) is 4.04. The maximum atomic E-state index is 12.5. The van der Waals surface area contributed by atoms with E-state index in [1.165, 1.54) is 0 Å². The molecule has 2 nitrogen and oxygen atoms in total. The van der Waals surface area contributed by atoms with Crippen molar-refractivity contribution in [3.63, 3.8) is 0 Å². The summed E-state index contributed by atoms with van der Waals surface area (Å²) in [5.41, 5.74) is -2.22. The van der Waals surface area contributed by atoms with Crippen LogP contribution in [-0.2, 0) is 6.18 Å². The fraction of sp³-hybridized carbons (Fsp3) is 0.500. The van der Waals surface area contributed by atoms with Crippen LogP contribution in [0.25, 0.3) is 0 Å². The highest BCUT2D eigenvalue weighted by atomic mass is 19.4. The van der Waals surface area contributed by atoms with Crippen LogP contribution < -0.4 is 4.74 Å². The number of hydrogen-bond donors (Lipinski definition) is 1. The van der Waals surface area contributed by atoms with Gasteiger partial charge in [-0.05, 0) is 24.6 Å². The van der Waals surface area contributed by atoms with Gasteiger partial charge in [0.2, 0.25) is 0 Å². The maximum Gasteiger partial charge on any atom is 0.418 e. The summed E-state index contributed by atoms with van der Waals surface area (Å²) in [4.78, 5) is 0. The van der Waals surface area contributed by atoms with Crippen molar-refractivity contribution in [2.75, 3.05) is 6.61 Å². The normalized spacial score (nSPS) is 14.2. The molecule has 0 radical (unpaired) electrons. The molecular formula is C12H12F6O2. The SMILES string of the molecule is CCCOc1ccc(C(F)(F)F)cc1C(O)C(F)(F)F. The summed E-state index contributed by atoms with van der Waals surface area (Å²) in [5, 5.41) is 9.16. The van der Waals surface area contributed by atoms with Crippen molar-refractivity contribution in [1.82, 2.24) is 0 Å². The number of aliphatic hydroxyl groups excluding tert-OH is 1. The standard InChI is InChI=1S/C12H12F6O2/c1-2-5-20-9-4-3-7(11(13,14)15)6-8(9)10(19)12(16,17)18/h3-4,6,10,19H,2,5H2,1H3. The van der Waals surface area contributed by atoms with Crippen molar-refractivity contribution in [3.05, 3.63) is 29.3 Å². The van der Waals surface area contributed by atoms with E-state index in [-0.39, 0.29) is 12.7 Å². The molecule has 1 N–H and O–H groups in total. The zero-order chi connectivity index (χ0) is 15.6. The largest absolute Gasteiger partial charge is 0.493 e. The molecule has 0 aromatic heterocycles. The number of benzene rings is 1. The maximum absolute atomic E-state index is 12.5. The Balaban J connectivity index is 3.26. The molecule has 1 unspecified atom stereocenters. The number of aliphatic hydroxyl groups is 1. The molecule has 0 aliphatic rings. The van der Waals surface area contributed by atoms with Gasteiger partial charge in [0.25, 0.3) is 0 Å². The topological polar surface area (TPSA) is 29.5 Å². The molecule has 0 amide bonds. The van der Waals surface area contributed by atoms with Crippen LogP contribution >= 0.6 is 0 Å². The molecule has 8 heteroatoms. The van der Waals surface area contributed by atoms with Gasteiger partial charge >= 0.3 is 12.4 Å². The van der Waals surface area contributed by atoms with Crippen molar-refractivity contribution in [3.8, 4) is 5.75 Å². The highest BCUT2D eigenvalue weighted by molar-refractivity contribution is 5.40. The number of alkyl halides is 6. The average Bonchev–Trinajstić information content (AvgIpc) is 2.33. The Bertz CT molecular complexity index is 452. The predicted molar refractivity (Wildman–Crippen MR) is 58.2 cm³/mol. The monoisotopic (exact) mass is 302 g/mol. The Labute approximate surface area is 111 Å². The zero-order valence-electron chi connectivity index (χ0n) is 10.3. The third-order valence-electron chi connectivity index (χ3n) is 2.40. The number of ether oxygens (including phenoxy) is 1. The van der Waals surface area contributed by atoms with Gasteiger partial charge < -0.3 is 9.84 Å². The number of halogens is 6. The molecule has 0 aliphatic heterocycles. The summed E-state index contributed by atoms with van der Waals surface area (Å²) in [6, 6.07) is 1.64. The first-order chi connectivity index (χ1) is 9.07. The van der Waals surface area contributed by atoms with Gasteiger partial charge in [-0.25, -0.2) is 0 Å². The lowest BCUT2D eigenvalue weighted by molar-refractivity contribution is -0.207. The van der Waals surface area contributed by atoms with Gasteiger partial charge in [-0.3, -0.25) is 0 Å². The van der Waals surface area contributed by atoms with Crippen LogP contribution in [0.5, 0.6) is 5.75 Å². The molecule has 0 spiro atoms. The van der Waals surface area contributed by atoms with Gasteiger partial charge in [-0.15, -0.1) is 0 Å². The molecular weight excluding hydrogens is 290 g/mol. The second kappa shape index (κ2) is 5.90. The molecule has 1 rings (SSSR count). The van der Waals surface area contributed by atoms with Crippen LogP contribution in [-0.4, -0.2) is 17.9 Å². The molecule has 1 atom stereocenters. The smallest absolute Gasteiger partial charge is 0.418 e. The minimum absolute atomic E-state index is 0.0307. The van der Waals surface area contributed by atoms with Crippen molar-refractivity contribution in [1.29, 1.82) is 0 Å². The lowest BCUT2D eigenvalue weighted by Crippen LogP contribution is -2.22. The molecule has 114 valence electrons. The van der Waals surface area contributed by atoms with E-state index in [0.717, 1.165) is 6.07 Å². The molecule has 0 fully saturated rings. The Morgan fingerprint density at radius 1 is 1.15 bits per heavy atom. The number of hydrogen-bond acceptors (Lipinski definition) is 2. The summed E-state index contributed by atoms with van der Waals surface area (Å²) in [6.07, 6.45) is -12.4. The van der Waals surface area contributed by atoms with Crippen molar-refractivity contribution in [2.24, 2.45) is 0 Å². The minimum Gasteiger partial charge on any atom is -0.493 e. The first kappa shape index (κ1) is 16.6. The lowest BCUT2D eigenvalue weighted by Gasteiger charge is -2.20.